The summed E-state index contributed by atoms with van der Waals surface area (Å²) < 4.78 is 17.8. The Kier molecular flexibility index (Phi) is 2.63. The molecule has 0 aliphatic carbocycles. The Morgan fingerprint density at radius 2 is 2.30 bits per heavy atom. The topological polar surface area (TPSA) is 12.5 Å². The highest BCUT2D eigenvalue weighted by Gasteiger charge is 2.31. The van der Waals surface area contributed by atoms with Gasteiger partial charge in [-0.2, -0.15) is 0 Å². The highest BCUT2D eigenvalue weighted by atomic mass is 19.1. The molecule has 1 aliphatic heterocycles. The maximum Gasteiger partial charge on any atom is 0.140 e. The molecule has 60 valence electrons. The van der Waals surface area contributed by atoms with Gasteiger partial charge in [-0.1, -0.05) is 6.92 Å². The molecule has 0 amide bonds. The summed E-state index contributed by atoms with van der Waals surface area (Å²) in [6, 6.07) is 0. The van der Waals surface area contributed by atoms with E-state index in [0.717, 1.165) is 13.1 Å². The molecule has 1 aliphatic rings. The second-order valence-electron chi connectivity index (χ2n) is 2.64. The minimum Gasteiger partial charge on any atom is -0.377 e. The summed E-state index contributed by atoms with van der Waals surface area (Å²) in [5.41, 5.74) is 0. The van der Waals surface area contributed by atoms with Gasteiger partial charge in [0, 0.05) is 20.2 Å². The van der Waals surface area contributed by atoms with Crippen LogP contribution < -0.4 is 0 Å². The first-order chi connectivity index (χ1) is 4.77. The van der Waals surface area contributed by atoms with Crippen LogP contribution in [0.4, 0.5) is 4.39 Å². The van der Waals surface area contributed by atoms with E-state index in [1.165, 1.54) is 0 Å². The number of likely N-dealkylation sites (N-methyl/N-ethyl adjacent to an activating group) is 1. The lowest BCUT2D eigenvalue weighted by atomic mass is 10.3. The van der Waals surface area contributed by atoms with E-state index >= 15 is 0 Å². The average molecular weight is 147 g/mol. The van der Waals surface area contributed by atoms with Gasteiger partial charge in [0.15, 0.2) is 0 Å². The molecule has 2 unspecified atom stereocenters. The van der Waals surface area contributed by atoms with Crippen molar-refractivity contribution in [2.45, 2.75) is 19.2 Å². The number of likely N-dealkylation sites (tertiary alicyclic amines) is 1. The summed E-state index contributed by atoms with van der Waals surface area (Å²) in [5, 5.41) is 0. The normalized spacial score (nSPS) is 35.1. The van der Waals surface area contributed by atoms with E-state index in [1.807, 2.05) is 6.92 Å². The fourth-order valence-electron chi connectivity index (χ4n) is 1.29. The Balaban J connectivity index is 2.36. The molecular weight excluding hydrogens is 133 g/mol. The third-order valence-corrected chi connectivity index (χ3v) is 2.02. The smallest absolute Gasteiger partial charge is 0.140 e. The predicted molar refractivity (Wildman–Crippen MR) is 37.8 cm³/mol. The molecule has 0 radical (unpaired) electrons. The highest BCUT2D eigenvalue weighted by Crippen LogP contribution is 2.14. The second-order valence-corrected chi connectivity index (χ2v) is 2.64. The van der Waals surface area contributed by atoms with Crippen molar-refractivity contribution in [1.29, 1.82) is 0 Å². The number of methoxy groups -OCH3 is 1. The fourth-order valence-corrected chi connectivity index (χ4v) is 1.29. The quantitative estimate of drug-likeness (QED) is 0.569. The lowest BCUT2D eigenvalue weighted by Gasteiger charge is -2.10. The van der Waals surface area contributed by atoms with E-state index in [4.69, 9.17) is 4.74 Å². The van der Waals surface area contributed by atoms with Gasteiger partial charge in [-0.05, 0) is 6.54 Å². The summed E-state index contributed by atoms with van der Waals surface area (Å²) in [4.78, 5) is 2.05. The SMILES string of the molecule is CCN1CC(F)C(OC)C1. The molecule has 0 aromatic heterocycles. The third kappa shape index (κ3) is 1.47. The number of hydrogen-bond donors (Lipinski definition) is 0. The second kappa shape index (κ2) is 3.30. The standard InChI is InChI=1S/C7H14FNO/c1-3-9-4-6(8)7(5-9)10-2/h6-7H,3-5H2,1-2H3. The molecule has 2 atom stereocenters. The van der Waals surface area contributed by atoms with Crippen molar-refractivity contribution in [2.75, 3.05) is 26.7 Å². The van der Waals surface area contributed by atoms with Gasteiger partial charge < -0.3 is 4.74 Å². The van der Waals surface area contributed by atoms with Crippen LogP contribution in [0, 0.1) is 0 Å². The van der Waals surface area contributed by atoms with E-state index in [2.05, 4.69) is 4.90 Å². The van der Waals surface area contributed by atoms with E-state index < -0.39 is 6.17 Å². The van der Waals surface area contributed by atoms with Gasteiger partial charge in [0.2, 0.25) is 0 Å². The maximum absolute atomic E-state index is 12.9. The Morgan fingerprint density at radius 1 is 1.60 bits per heavy atom. The minimum absolute atomic E-state index is 0.194. The van der Waals surface area contributed by atoms with Crippen LogP contribution in [0.5, 0.6) is 0 Å². The molecule has 3 heteroatoms. The monoisotopic (exact) mass is 147 g/mol. The van der Waals surface area contributed by atoms with Crippen LogP contribution >= 0.6 is 0 Å². The van der Waals surface area contributed by atoms with Gasteiger partial charge in [0.05, 0.1) is 0 Å². The molecule has 1 fully saturated rings. The zero-order chi connectivity index (χ0) is 7.56. The van der Waals surface area contributed by atoms with Crippen LogP contribution in [0.1, 0.15) is 6.92 Å². The first-order valence-electron chi connectivity index (χ1n) is 3.67. The van der Waals surface area contributed by atoms with Crippen LogP contribution in [0.25, 0.3) is 0 Å². The van der Waals surface area contributed by atoms with E-state index in [1.54, 1.807) is 7.11 Å². The highest BCUT2D eigenvalue weighted by molar-refractivity contribution is 4.83. The Labute approximate surface area is 61.0 Å². The van der Waals surface area contributed by atoms with Crippen LogP contribution in [0.15, 0.2) is 0 Å². The van der Waals surface area contributed by atoms with Crippen molar-refractivity contribution in [3.05, 3.63) is 0 Å². The molecular formula is C7H14FNO. The van der Waals surface area contributed by atoms with Crippen molar-refractivity contribution in [2.24, 2.45) is 0 Å². The number of rotatable bonds is 2. The van der Waals surface area contributed by atoms with Gasteiger partial charge in [0.1, 0.15) is 12.3 Å². The summed E-state index contributed by atoms with van der Waals surface area (Å²) in [5.74, 6) is 0. The molecule has 1 heterocycles. The van der Waals surface area contributed by atoms with Crippen molar-refractivity contribution in [3.8, 4) is 0 Å². The maximum atomic E-state index is 12.9. The van der Waals surface area contributed by atoms with E-state index in [0.29, 0.717) is 6.54 Å². The van der Waals surface area contributed by atoms with Gasteiger partial charge in [-0.3, -0.25) is 4.90 Å². The molecule has 0 N–H and O–H groups in total. The number of halogens is 1. The molecule has 1 rings (SSSR count). The molecule has 0 aromatic carbocycles. The van der Waals surface area contributed by atoms with Gasteiger partial charge in [0.25, 0.3) is 0 Å². The van der Waals surface area contributed by atoms with Crippen molar-refractivity contribution < 1.29 is 9.13 Å². The van der Waals surface area contributed by atoms with Gasteiger partial charge in [-0.15, -0.1) is 0 Å². The Hall–Kier alpha value is -0.150. The molecule has 0 bridgehead atoms. The lowest BCUT2D eigenvalue weighted by molar-refractivity contribution is 0.0624. The van der Waals surface area contributed by atoms with Crippen LogP contribution in [-0.2, 0) is 4.74 Å². The first-order valence-corrected chi connectivity index (χ1v) is 3.67. The summed E-state index contributed by atoms with van der Waals surface area (Å²) in [7, 11) is 1.57. The number of alkyl halides is 1. The van der Waals surface area contributed by atoms with Crippen LogP contribution in [0.3, 0.4) is 0 Å². The molecule has 2 nitrogen and oxygen atoms in total. The molecule has 1 saturated heterocycles. The van der Waals surface area contributed by atoms with Crippen molar-refractivity contribution in [1.82, 2.24) is 4.90 Å². The minimum atomic E-state index is -0.787. The van der Waals surface area contributed by atoms with Crippen molar-refractivity contribution in [3.63, 3.8) is 0 Å². The number of hydrogen-bond acceptors (Lipinski definition) is 2. The largest absolute Gasteiger partial charge is 0.377 e. The summed E-state index contributed by atoms with van der Waals surface area (Å²) >= 11 is 0. The van der Waals surface area contributed by atoms with Crippen LogP contribution in [0.2, 0.25) is 0 Å². The first kappa shape index (κ1) is 7.95. The summed E-state index contributed by atoms with van der Waals surface area (Å²) in [6.45, 7) is 4.23. The van der Waals surface area contributed by atoms with E-state index in [9.17, 15) is 4.39 Å². The number of ether oxygens (including phenoxy) is 1. The fraction of sp³-hybridized carbons (Fsp3) is 1.00. The Morgan fingerprint density at radius 3 is 2.60 bits per heavy atom. The lowest BCUT2D eigenvalue weighted by Crippen LogP contribution is -2.22. The molecule has 10 heavy (non-hydrogen) atoms. The van der Waals surface area contributed by atoms with Gasteiger partial charge in [-0.25, -0.2) is 4.39 Å². The molecule has 0 saturated carbocycles. The Bertz CT molecular complexity index is 110. The van der Waals surface area contributed by atoms with Crippen LogP contribution in [-0.4, -0.2) is 43.9 Å². The number of nitrogens with zero attached hydrogens (tertiary/aromatic N) is 1. The average Bonchev–Trinajstić information content (AvgIpc) is 2.30. The summed E-state index contributed by atoms with van der Waals surface area (Å²) in [6.07, 6.45) is -0.982. The zero-order valence-electron chi connectivity index (χ0n) is 6.51. The third-order valence-electron chi connectivity index (χ3n) is 2.02. The predicted octanol–water partition coefficient (Wildman–Crippen LogP) is 0.675. The van der Waals surface area contributed by atoms with Gasteiger partial charge >= 0.3 is 0 Å². The van der Waals surface area contributed by atoms with E-state index in [-0.39, 0.29) is 6.10 Å². The zero-order valence-corrected chi connectivity index (χ0v) is 6.51. The van der Waals surface area contributed by atoms with Crippen molar-refractivity contribution >= 4 is 0 Å². The molecule has 0 aromatic rings. The molecule has 0 spiro atoms.